The number of nitrogens with zero attached hydrogens (tertiary/aromatic N) is 2. The van der Waals surface area contributed by atoms with Crippen LogP contribution < -0.4 is 9.64 Å². The highest BCUT2D eigenvalue weighted by molar-refractivity contribution is 9.10. The molecule has 1 atom stereocenters. The second-order valence-corrected chi connectivity index (χ2v) is 9.77. The maximum Gasteiger partial charge on any atom is 0.302 e. The summed E-state index contributed by atoms with van der Waals surface area (Å²) in [6.45, 7) is 5.88. The molecule has 2 N–H and O–H groups in total. The van der Waals surface area contributed by atoms with E-state index >= 15 is 0 Å². The monoisotopic (exact) mass is 545 g/mol. The summed E-state index contributed by atoms with van der Waals surface area (Å²) in [6.07, 6.45) is 0. The molecule has 36 heavy (non-hydrogen) atoms. The van der Waals surface area contributed by atoms with Gasteiger partial charge in [0.1, 0.15) is 11.5 Å². The summed E-state index contributed by atoms with van der Waals surface area (Å²) in [6, 6.07) is 15.4. The maximum absolute atomic E-state index is 13.4. The molecule has 0 spiro atoms. The number of halogens is 1. The van der Waals surface area contributed by atoms with Crippen molar-refractivity contribution in [3.05, 3.63) is 92.5 Å². The number of nitrogens with one attached hydrogen (secondary N) is 1. The smallest absolute Gasteiger partial charge is 0.302 e. The van der Waals surface area contributed by atoms with E-state index in [0.29, 0.717) is 22.4 Å². The molecule has 5 rings (SSSR count). The number of aliphatic hydroxyl groups excluding tert-OH is 1. The van der Waals surface area contributed by atoms with E-state index < -0.39 is 17.7 Å². The van der Waals surface area contributed by atoms with E-state index in [1.165, 1.54) is 4.90 Å². The van der Waals surface area contributed by atoms with E-state index in [2.05, 4.69) is 25.9 Å². The zero-order chi connectivity index (χ0) is 25.7. The third-order valence-corrected chi connectivity index (χ3v) is 7.51. The third-order valence-electron chi connectivity index (χ3n) is 6.62. The van der Waals surface area contributed by atoms with Crippen LogP contribution in [0.3, 0.4) is 0 Å². The molecule has 0 radical (unpaired) electrons. The molecule has 8 heteroatoms. The molecule has 1 aromatic heterocycles. The predicted octanol–water partition coefficient (Wildman–Crippen LogP) is 5.89. The van der Waals surface area contributed by atoms with Gasteiger partial charge in [-0.2, -0.15) is 0 Å². The molecule has 7 nitrogen and oxygen atoms in total. The molecule has 2 heterocycles. The van der Waals surface area contributed by atoms with Gasteiger partial charge in [0.05, 0.1) is 29.8 Å². The molecule has 1 fully saturated rings. The Kier molecular flexibility index (Phi) is 5.92. The highest BCUT2D eigenvalue weighted by Gasteiger charge is 2.48. The molecule has 1 saturated heterocycles. The Morgan fingerprint density at radius 1 is 1.00 bits per heavy atom. The Hall–Kier alpha value is -3.91. The van der Waals surface area contributed by atoms with Gasteiger partial charge < -0.3 is 14.8 Å². The topological polar surface area (TPSA) is 95.5 Å². The Morgan fingerprint density at radius 3 is 2.36 bits per heavy atom. The van der Waals surface area contributed by atoms with Gasteiger partial charge in [-0.25, -0.2) is 4.98 Å². The lowest BCUT2D eigenvalue weighted by molar-refractivity contribution is -0.132. The van der Waals surface area contributed by atoms with Gasteiger partial charge in [0.25, 0.3) is 5.78 Å². The SMILES string of the molecule is COc1ccc(C2/C(=C(\O)c3ccc(Br)c(C)c3)C(=O)C(=O)N2c2nc3cc(C)c(C)cc3[nH]2)cc1. The lowest BCUT2D eigenvalue weighted by Gasteiger charge is -2.23. The fraction of sp³-hybridized carbons (Fsp3) is 0.179. The Bertz CT molecular complexity index is 1530. The minimum absolute atomic E-state index is 0.000272. The second-order valence-electron chi connectivity index (χ2n) is 8.92. The van der Waals surface area contributed by atoms with Crippen molar-refractivity contribution in [2.75, 3.05) is 12.0 Å². The number of methoxy groups -OCH3 is 1. The molecule has 1 amide bonds. The number of ketones is 1. The summed E-state index contributed by atoms with van der Waals surface area (Å²) < 4.78 is 6.16. The van der Waals surface area contributed by atoms with E-state index in [9.17, 15) is 14.7 Å². The molecular weight excluding hydrogens is 522 g/mol. The van der Waals surface area contributed by atoms with Crippen LogP contribution in [0.25, 0.3) is 16.8 Å². The summed E-state index contributed by atoms with van der Waals surface area (Å²) in [4.78, 5) is 36.0. The van der Waals surface area contributed by atoms with Gasteiger partial charge in [0.2, 0.25) is 5.95 Å². The number of fused-ring (bicyclic) bond motifs is 1. The van der Waals surface area contributed by atoms with Crippen molar-refractivity contribution < 1.29 is 19.4 Å². The number of benzene rings is 3. The quantitative estimate of drug-likeness (QED) is 0.189. The van der Waals surface area contributed by atoms with Crippen LogP contribution in [0.5, 0.6) is 5.75 Å². The number of hydrogen-bond donors (Lipinski definition) is 2. The zero-order valence-corrected chi connectivity index (χ0v) is 21.8. The molecular formula is C28H24BrN3O4. The number of aryl methyl sites for hydroxylation is 3. The average Bonchev–Trinajstić information content (AvgIpc) is 3.38. The number of carbonyl (C=O) groups is 2. The first kappa shape index (κ1) is 23.8. The van der Waals surface area contributed by atoms with Crippen molar-refractivity contribution >= 4 is 50.4 Å². The first-order chi connectivity index (χ1) is 17.2. The normalized spacial score (nSPS) is 17.2. The number of carbonyl (C=O) groups excluding carboxylic acids is 2. The number of aromatic amines is 1. The second kappa shape index (κ2) is 8.95. The van der Waals surface area contributed by atoms with Gasteiger partial charge >= 0.3 is 5.91 Å². The third kappa shape index (κ3) is 3.87. The van der Waals surface area contributed by atoms with Crippen LogP contribution in [-0.2, 0) is 9.59 Å². The van der Waals surface area contributed by atoms with Gasteiger partial charge in [0, 0.05) is 10.0 Å². The van der Waals surface area contributed by atoms with Gasteiger partial charge in [-0.1, -0.05) is 34.1 Å². The summed E-state index contributed by atoms with van der Waals surface area (Å²) in [5.74, 6) is -0.909. The van der Waals surface area contributed by atoms with Crippen molar-refractivity contribution in [1.29, 1.82) is 0 Å². The van der Waals surface area contributed by atoms with Crippen molar-refractivity contribution in [1.82, 2.24) is 9.97 Å². The van der Waals surface area contributed by atoms with Crippen LogP contribution in [-0.4, -0.2) is 33.9 Å². The molecule has 1 aliphatic heterocycles. The number of rotatable bonds is 4. The number of anilines is 1. The fourth-order valence-electron chi connectivity index (χ4n) is 4.47. The van der Waals surface area contributed by atoms with Crippen LogP contribution in [0, 0.1) is 20.8 Å². The number of hydrogen-bond acceptors (Lipinski definition) is 5. The van der Waals surface area contributed by atoms with Crippen molar-refractivity contribution in [2.24, 2.45) is 0 Å². The largest absolute Gasteiger partial charge is 0.507 e. The summed E-state index contributed by atoms with van der Waals surface area (Å²) in [5.41, 5.74) is 5.56. The molecule has 0 saturated carbocycles. The van der Waals surface area contributed by atoms with Crippen molar-refractivity contribution in [3.63, 3.8) is 0 Å². The first-order valence-electron chi connectivity index (χ1n) is 11.4. The van der Waals surface area contributed by atoms with Gasteiger partial charge in [-0.3, -0.25) is 14.5 Å². The molecule has 0 aliphatic carbocycles. The Labute approximate surface area is 216 Å². The minimum Gasteiger partial charge on any atom is -0.507 e. The highest BCUT2D eigenvalue weighted by Crippen LogP contribution is 2.42. The molecule has 1 aliphatic rings. The van der Waals surface area contributed by atoms with E-state index in [1.807, 2.05) is 32.9 Å². The zero-order valence-electron chi connectivity index (χ0n) is 20.2. The number of amides is 1. The van der Waals surface area contributed by atoms with Gasteiger partial charge in [0.15, 0.2) is 0 Å². The summed E-state index contributed by atoms with van der Waals surface area (Å²) in [7, 11) is 1.56. The Morgan fingerprint density at radius 2 is 1.69 bits per heavy atom. The summed E-state index contributed by atoms with van der Waals surface area (Å²) >= 11 is 3.46. The van der Waals surface area contributed by atoms with Crippen LogP contribution in [0.4, 0.5) is 5.95 Å². The summed E-state index contributed by atoms with van der Waals surface area (Å²) in [5, 5.41) is 11.3. The van der Waals surface area contributed by atoms with E-state index in [-0.39, 0.29) is 17.3 Å². The molecule has 0 bridgehead atoms. The van der Waals surface area contributed by atoms with E-state index in [1.54, 1.807) is 49.6 Å². The molecule has 4 aromatic rings. The van der Waals surface area contributed by atoms with Crippen molar-refractivity contribution in [3.8, 4) is 5.75 Å². The van der Waals surface area contributed by atoms with Gasteiger partial charge in [-0.05, 0) is 79.4 Å². The predicted molar refractivity (Wildman–Crippen MR) is 142 cm³/mol. The molecule has 182 valence electrons. The number of H-pyrrole nitrogens is 1. The first-order valence-corrected chi connectivity index (χ1v) is 12.2. The Balaban J connectivity index is 1.73. The van der Waals surface area contributed by atoms with Crippen LogP contribution >= 0.6 is 15.9 Å². The lowest BCUT2D eigenvalue weighted by atomic mass is 9.95. The lowest BCUT2D eigenvalue weighted by Crippen LogP contribution is -2.30. The standard InChI is InChI=1S/C28H24BrN3O4/c1-14-12-21-22(13-15(14)2)31-28(30-21)32-24(17-5-8-19(36-4)9-6-17)23(26(34)27(32)35)25(33)18-7-10-20(29)16(3)11-18/h5-13,24,33H,1-4H3,(H,30,31)/b25-23+. The number of aliphatic hydroxyl groups is 1. The molecule has 1 unspecified atom stereocenters. The number of ether oxygens (including phenoxy) is 1. The highest BCUT2D eigenvalue weighted by atomic mass is 79.9. The van der Waals surface area contributed by atoms with Crippen LogP contribution in [0.15, 0.2) is 64.6 Å². The average molecular weight is 546 g/mol. The van der Waals surface area contributed by atoms with Crippen LogP contribution in [0.2, 0.25) is 0 Å². The fourth-order valence-corrected chi connectivity index (χ4v) is 4.72. The van der Waals surface area contributed by atoms with E-state index in [0.717, 1.165) is 26.7 Å². The molecule has 3 aromatic carbocycles. The van der Waals surface area contributed by atoms with Gasteiger partial charge in [-0.15, -0.1) is 0 Å². The van der Waals surface area contributed by atoms with Crippen molar-refractivity contribution in [2.45, 2.75) is 26.8 Å². The minimum atomic E-state index is -0.886. The number of Topliss-reactive ketones (excluding diaryl/α,β-unsaturated/α-hetero) is 1. The maximum atomic E-state index is 13.4. The number of imidazole rings is 1. The number of aromatic nitrogens is 2. The van der Waals surface area contributed by atoms with E-state index in [4.69, 9.17) is 4.74 Å². The van der Waals surface area contributed by atoms with Crippen LogP contribution in [0.1, 0.15) is 33.9 Å².